The predicted octanol–water partition coefficient (Wildman–Crippen LogP) is 2.09. The molecule has 4 heteroatoms. The molecule has 0 bridgehead atoms. The standard InChI is InChI=1S/C15H21N3O/c1-17(2)11-12-19-15(13-7-5-4-6-8-13)14-9-10-16-18(14)3/h4-10,15H,11-12H2,1-3H3/i1D3,9D,10D,15D. The Balaban J connectivity index is 2.35. The molecule has 2 aromatic rings. The molecule has 0 radical (unpaired) electrons. The van der Waals surface area contributed by atoms with Crippen molar-refractivity contribution in [2.24, 2.45) is 7.05 Å². The number of benzene rings is 1. The summed E-state index contributed by atoms with van der Waals surface area (Å²) in [5.74, 6) is 0. The molecule has 0 saturated heterocycles. The molecule has 1 unspecified atom stereocenters. The Morgan fingerprint density at radius 3 is 2.95 bits per heavy atom. The first-order valence-corrected chi connectivity index (χ1v) is 5.98. The molecule has 0 aliphatic rings. The van der Waals surface area contributed by atoms with E-state index >= 15 is 0 Å². The smallest absolute Gasteiger partial charge is 0.124 e. The van der Waals surface area contributed by atoms with Gasteiger partial charge in [-0.15, -0.1) is 0 Å². The molecule has 0 aliphatic carbocycles. The van der Waals surface area contributed by atoms with Gasteiger partial charge in [-0.3, -0.25) is 4.68 Å². The SMILES string of the molecule is [2H]c1nn(C)c(C([2H])(OCCN(C)C([2H])([2H])[2H])c2ccccc2)c1[2H]. The lowest BCUT2D eigenvalue weighted by Gasteiger charge is -2.20. The van der Waals surface area contributed by atoms with Gasteiger partial charge in [0.15, 0.2) is 0 Å². The van der Waals surface area contributed by atoms with Crippen LogP contribution in [-0.4, -0.2) is 41.9 Å². The van der Waals surface area contributed by atoms with E-state index in [4.69, 9.17) is 13.0 Å². The van der Waals surface area contributed by atoms with Crippen molar-refractivity contribution >= 4 is 0 Å². The van der Waals surface area contributed by atoms with E-state index in [9.17, 15) is 0 Å². The lowest BCUT2D eigenvalue weighted by molar-refractivity contribution is 0.0638. The van der Waals surface area contributed by atoms with E-state index in [0.29, 0.717) is 5.56 Å². The molecule has 0 spiro atoms. The maximum absolute atomic E-state index is 8.85. The maximum Gasteiger partial charge on any atom is 0.124 e. The third kappa shape index (κ3) is 3.66. The summed E-state index contributed by atoms with van der Waals surface area (Å²) < 4.78 is 53.8. The topological polar surface area (TPSA) is 30.3 Å². The Labute approximate surface area is 123 Å². The second-order valence-corrected chi connectivity index (χ2v) is 4.17. The summed E-state index contributed by atoms with van der Waals surface area (Å²) in [7, 11) is 3.00. The fraction of sp³-hybridized carbons (Fsp3) is 0.400. The van der Waals surface area contributed by atoms with Gasteiger partial charge in [0.2, 0.25) is 0 Å². The van der Waals surface area contributed by atoms with Crippen LogP contribution < -0.4 is 0 Å². The van der Waals surface area contributed by atoms with E-state index in [0.717, 1.165) is 4.90 Å². The molecule has 4 nitrogen and oxygen atoms in total. The highest BCUT2D eigenvalue weighted by Crippen LogP contribution is 2.25. The summed E-state index contributed by atoms with van der Waals surface area (Å²) in [4.78, 5) is 1.15. The highest BCUT2D eigenvalue weighted by molar-refractivity contribution is 5.25. The number of hydrogen-bond acceptors (Lipinski definition) is 3. The van der Waals surface area contributed by atoms with Gasteiger partial charge in [-0.05, 0) is 25.6 Å². The van der Waals surface area contributed by atoms with Crippen LogP contribution in [0.5, 0.6) is 0 Å². The van der Waals surface area contributed by atoms with Crippen molar-refractivity contribution in [2.75, 3.05) is 27.2 Å². The molecule has 2 rings (SSSR count). The van der Waals surface area contributed by atoms with Crippen LogP contribution >= 0.6 is 0 Å². The molecule has 0 fully saturated rings. The minimum absolute atomic E-state index is 0.0365. The van der Waals surface area contributed by atoms with Crippen LogP contribution in [0.3, 0.4) is 0 Å². The molecule has 0 N–H and O–H groups in total. The van der Waals surface area contributed by atoms with Crippen LogP contribution in [0.2, 0.25) is 0 Å². The molecule has 1 atom stereocenters. The zero-order valence-electron chi connectivity index (χ0n) is 17.1. The van der Waals surface area contributed by atoms with Crippen LogP contribution in [0, 0.1) is 0 Å². The van der Waals surface area contributed by atoms with Crippen molar-refractivity contribution in [1.82, 2.24) is 14.7 Å². The van der Waals surface area contributed by atoms with Crippen LogP contribution in [0.15, 0.2) is 42.5 Å². The van der Waals surface area contributed by atoms with Crippen molar-refractivity contribution in [1.29, 1.82) is 0 Å². The van der Waals surface area contributed by atoms with E-state index in [-0.39, 0.29) is 31.1 Å². The largest absolute Gasteiger partial charge is 0.366 e. The number of aromatic nitrogens is 2. The molecule has 1 aromatic carbocycles. The molecule has 0 aliphatic heterocycles. The van der Waals surface area contributed by atoms with Gasteiger partial charge >= 0.3 is 0 Å². The van der Waals surface area contributed by atoms with E-state index in [1.807, 2.05) is 0 Å². The van der Waals surface area contributed by atoms with Gasteiger partial charge in [0.25, 0.3) is 0 Å². The monoisotopic (exact) mass is 265 g/mol. The van der Waals surface area contributed by atoms with Crippen molar-refractivity contribution in [3.05, 3.63) is 53.8 Å². The molecule has 1 aromatic heterocycles. The van der Waals surface area contributed by atoms with Gasteiger partial charge in [0.05, 0.1) is 16.4 Å². The summed E-state index contributed by atoms with van der Waals surface area (Å²) >= 11 is 0. The first-order valence-electron chi connectivity index (χ1n) is 8.98. The second kappa shape index (κ2) is 6.50. The van der Waals surface area contributed by atoms with E-state index in [1.165, 1.54) is 11.7 Å². The van der Waals surface area contributed by atoms with Crippen molar-refractivity contribution in [3.63, 3.8) is 0 Å². The van der Waals surface area contributed by atoms with Crippen molar-refractivity contribution < 1.29 is 13.0 Å². The molecule has 19 heavy (non-hydrogen) atoms. The van der Waals surface area contributed by atoms with Crippen molar-refractivity contribution in [2.45, 2.75) is 6.08 Å². The predicted molar refractivity (Wildman–Crippen MR) is 76.0 cm³/mol. The van der Waals surface area contributed by atoms with Crippen LogP contribution in [0.1, 0.15) is 25.6 Å². The van der Waals surface area contributed by atoms with Crippen LogP contribution in [0.25, 0.3) is 0 Å². The quantitative estimate of drug-likeness (QED) is 0.801. The van der Waals surface area contributed by atoms with Crippen molar-refractivity contribution in [3.8, 4) is 0 Å². The summed E-state index contributed by atoms with van der Waals surface area (Å²) in [5.41, 5.74) is 0.600. The summed E-state index contributed by atoms with van der Waals surface area (Å²) in [5, 5.41) is 3.88. The number of nitrogens with zero attached hydrogens (tertiary/aromatic N) is 3. The number of likely N-dealkylation sites (N-methyl/N-ethyl adjacent to an activating group) is 1. The second-order valence-electron chi connectivity index (χ2n) is 4.17. The molecular weight excluding hydrogens is 238 g/mol. The third-order valence-corrected chi connectivity index (χ3v) is 2.62. The molecule has 0 amide bonds. The number of hydrogen-bond donors (Lipinski definition) is 0. The van der Waals surface area contributed by atoms with E-state index in [1.54, 1.807) is 37.4 Å². The lowest BCUT2D eigenvalue weighted by Crippen LogP contribution is -2.20. The van der Waals surface area contributed by atoms with Crippen LogP contribution in [-0.2, 0) is 11.8 Å². The summed E-state index contributed by atoms with van der Waals surface area (Å²) in [6.07, 6.45) is -2.01. The Kier molecular flexibility index (Phi) is 2.67. The van der Waals surface area contributed by atoms with Gasteiger partial charge in [-0.1, -0.05) is 30.3 Å². The lowest BCUT2D eigenvalue weighted by atomic mass is 10.1. The highest BCUT2D eigenvalue weighted by Gasteiger charge is 2.17. The first-order chi connectivity index (χ1) is 11.6. The van der Waals surface area contributed by atoms with Gasteiger partial charge in [-0.2, -0.15) is 5.10 Å². The molecule has 0 saturated carbocycles. The fourth-order valence-electron chi connectivity index (χ4n) is 1.65. The Hall–Kier alpha value is -1.65. The fourth-order valence-corrected chi connectivity index (χ4v) is 1.65. The Morgan fingerprint density at radius 1 is 1.53 bits per heavy atom. The minimum atomic E-state index is -2.25. The van der Waals surface area contributed by atoms with Gasteiger partial charge in [-0.25, -0.2) is 0 Å². The number of rotatable bonds is 6. The van der Waals surface area contributed by atoms with E-state index < -0.39 is 13.1 Å². The maximum atomic E-state index is 8.85. The molecule has 102 valence electrons. The summed E-state index contributed by atoms with van der Waals surface area (Å²) in [6.45, 7) is -2.20. The van der Waals surface area contributed by atoms with Gasteiger partial charge in [0.1, 0.15) is 6.08 Å². The van der Waals surface area contributed by atoms with Gasteiger partial charge < -0.3 is 9.64 Å². The average molecular weight is 265 g/mol. The average Bonchev–Trinajstić information content (AvgIpc) is 2.80. The molecular formula is C15H21N3O. The first kappa shape index (κ1) is 7.82. The van der Waals surface area contributed by atoms with Crippen LogP contribution in [0.4, 0.5) is 0 Å². The Bertz CT molecular complexity index is 718. The number of aryl methyl sites for hydroxylation is 1. The minimum Gasteiger partial charge on any atom is -0.366 e. The zero-order valence-corrected chi connectivity index (χ0v) is 11.1. The normalized spacial score (nSPS) is 19.7. The third-order valence-electron chi connectivity index (χ3n) is 2.62. The van der Waals surface area contributed by atoms with Gasteiger partial charge in [0, 0.05) is 23.9 Å². The Morgan fingerprint density at radius 2 is 2.32 bits per heavy atom. The summed E-state index contributed by atoms with van der Waals surface area (Å²) in [6, 6.07) is 8.49. The number of ether oxygens (including phenoxy) is 1. The molecule has 1 heterocycles. The zero-order chi connectivity index (χ0) is 18.8. The highest BCUT2D eigenvalue weighted by atomic mass is 16.5. The van der Waals surface area contributed by atoms with E-state index in [2.05, 4.69) is 5.10 Å².